The number of ether oxygens (including phenoxy) is 2. The molecule has 1 saturated carbocycles. The summed E-state index contributed by atoms with van der Waals surface area (Å²) in [6.45, 7) is 4.15. The molecule has 0 amide bonds. The van der Waals surface area contributed by atoms with Gasteiger partial charge in [-0.15, -0.1) is 0 Å². The number of halogens is 1. The molecule has 20 heavy (non-hydrogen) atoms. The van der Waals surface area contributed by atoms with Gasteiger partial charge in [-0.25, -0.2) is 0 Å². The molecule has 1 aromatic rings. The lowest BCUT2D eigenvalue weighted by Gasteiger charge is -2.33. The largest absolute Gasteiger partial charge is 0.486 e. The van der Waals surface area contributed by atoms with E-state index in [1.807, 2.05) is 0 Å². The minimum absolute atomic E-state index is 0.129. The van der Waals surface area contributed by atoms with Crippen molar-refractivity contribution in [1.29, 1.82) is 0 Å². The van der Waals surface area contributed by atoms with E-state index < -0.39 is 0 Å². The van der Waals surface area contributed by atoms with E-state index in [1.165, 1.54) is 36.8 Å². The van der Waals surface area contributed by atoms with Gasteiger partial charge in [-0.3, -0.25) is 0 Å². The molecule has 0 unspecified atom stereocenters. The zero-order chi connectivity index (χ0) is 14.2. The zero-order valence-electron chi connectivity index (χ0n) is 12.0. The molecule has 1 aromatic carbocycles. The highest BCUT2D eigenvalue weighted by Gasteiger charge is 2.38. The van der Waals surface area contributed by atoms with Crippen molar-refractivity contribution < 1.29 is 9.47 Å². The number of benzene rings is 1. The smallest absolute Gasteiger partial charge is 0.175 e. The summed E-state index contributed by atoms with van der Waals surface area (Å²) in [5, 5.41) is 0. The summed E-state index contributed by atoms with van der Waals surface area (Å²) in [6.07, 6.45) is 5.86. The van der Waals surface area contributed by atoms with Crippen LogP contribution in [-0.2, 0) is 11.8 Å². The molecule has 1 heterocycles. The third-order valence-electron chi connectivity index (χ3n) is 4.75. The maximum atomic E-state index is 6.16. The lowest BCUT2D eigenvalue weighted by atomic mass is 9.76. The first-order valence-electron chi connectivity index (χ1n) is 7.53. The monoisotopic (exact) mass is 339 g/mol. The van der Waals surface area contributed by atoms with Crippen LogP contribution in [0.5, 0.6) is 11.5 Å². The van der Waals surface area contributed by atoms with Crippen LogP contribution in [0, 0.1) is 0 Å². The van der Waals surface area contributed by atoms with Crippen molar-refractivity contribution >= 4 is 15.9 Å². The second-order valence-corrected chi connectivity index (χ2v) is 6.64. The Balaban J connectivity index is 2.17. The van der Waals surface area contributed by atoms with Crippen molar-refractivity contribution in [2.75, 3.05) is 19.8 Å². The molecule has 0 saturated heterocycles. The van der Waals surface area contributed by atoms with Crippen molar-refractivity contribution in [3.63, 3.8) is 0 Å². The Morgan fingerprint density at radius 1 is 1.20 bits per heavy atom. The van der Waals surface area contributed by atoms with Gasteiger partial charge in [0.1, 0.15) is 13.2 Å². The predicted octanol–water partition coefficient (Wildman–Crippen LogP) is 3.55. The third kappa shape index (κ3) is 2.13. The summed E-state index contributed by atoms with van der Waals surface area (Å²) < 4.78 is 12.7. The second kappa shape index (κ2) is 5.57. The molecular weight excluding hydrogens is 318 g/mol. The van der Waals surface area contributed by atoms with E-state index in [-0.39, 0.29) is 5.41 Å². The Morgan fingerprint density at radius 2 is 1.85 bits per heavy atom. The van der Waals surface area contributed by atoms with E-state index in [0.29, 0.717) is 19.8 Å². The van der Waals surface area contributed by atoms with Gasteiger partial charge in [0.05, 0.1) is 4.47 Å². The molecule has 2 aliphatic rings. The summed E-state index contributed by atoms with van der Waals surface area (Å²) in [7, 11) is 0. The third-order valence-corrected chi connectivity index (χ3v) is 5.33. The quantitative estimate of drug-likeness (QED) is 0.915. The van der Waals surface area contributed by atoms with E-state index in [1.54, 1.807) is 0 Å². The second-order valence-electron chi connectivity index (χ2n) is 5.78. The van der Waals surface area contributed by atoms with Gasteiger partial charge < -0.3 is 15.2 Å². The van der Waals surface area contributed by atoms with Gasteiger partial charge in [0.2, 0.25) is 0 Å². The van der Waals surface area contributed by atoms with Crippen LogP contribution < -0.4 is 15.2 Å². The predicted molar refractivity (Wildman–Crippen MR) is 83.7 cm³/mol. The zero-order valence-corrected chi connectivity index (χ0v) is 13.6. The fourth-order valence-corrected chi connectivity index (χ4v) is 4.20. The highest BCUT2D eigenvalue weighted by atomic mass is 79.9. The highest BCUT2D eigenvalue weighted by molar-refractivity contribution is 9.10. The SMILES string of the molecule is CCc1c(C2(CN)CCCC2)cc(Br)c2c1OCCO2. The number of hydrogen-bond donors (Lipinski definition) is 1. The number of fused-ring (bicyclic) bond motifs is 1. The van der Waals surface area contributed by atoms with Gasteiger partial charge in [-0.05, 0) is 46.8 Å². The van der Waals surface area contributed by atoms with Crippen LogP contribution in [0.25, 0.3) is 0 Å². The summed E-state index contributed by atoms with van der Waals surface area (Å²) in [4.78, 5) is 0. The Morgan fingerprint density at radius 3 is 2.45 bits per heavy atom. The molecular formula is C16H22BrNO2. The van der Waals surface area contributed by atoms with Gasteiger partial charge >= 0.3 is 0 Å². The van der Waals surface area contributed by atoms with Crippen molar-refractivity contribution in [2.24, 2.45) is 5.73 Å². The fraction of sp³-hybridized carbons (Fsp3) is 0.625. The van der Waals surface area contributed by atoms with E-state index >= 15 is 0 Å². The Labute approximate surface area is 129 Å². The van der Waals surface area contributed by atoms with Crippen LogP contribution in [0.3, 0.4) is 0 Å². The van der Waals surface area contributed by atoms with Gasteiger partial charge in [0, 0.05) is 17.5 Å². The first kappa shape index (κ1) is 14.2. The van der Waals surface area contributed by atoms with Crippen LogP contribution in [0.1, 0.15) is 43.7 Å². The van der Waals surface area contributed by atoms with Crippen LogP contribution >= 0.6 is 15.9 Å². The maximum absolute atomic E-state index is 6.16. The summed E-state index contributed by atoms with van der Waals surface area (Å²) in [5.41, 5.74) is 8.95. The topological polar surface area (TPSA) is 44.5 Å². The summed E-state index contributed by atoms with van der Waals surface area (Å²) in [6, 6.07) is 2.23. The molecule has 0 atom stereocenters. The average Bonchev–Trinajstić information content (AvgIpc) is 2.97. The molecule has 1 fully saturated rings. The Kier molecular flexibility index (Phi) is 3.95. The Bertz CT molecular complexity index is 510. The summed E-state index contributed by atoms with van der Waals surface area (Å²) >= 11 is 3.65. The Hall–Kier alpha value is -0.740. The minimum atomic E-state index is 0.129. The van der Waals surface area contributed by atoms with Gasteiger partial charge in [0.25, 0.3) is 0 Å². The first-order valence-corrected chi connectivity index (χ1v) is 8.32. The number of nitrogens with two attached hydrogens (primary N) is 1. The van der Waals surface area contributed by atoms with Gasteiger partial charge in [-0.2, -0.15) is 0 Å². The standard InChI is InChI=1S/C16H22BrNO2/c1-2-11-12(16(10-18)5-3-4-6-16)9-13(17)15-14(11)19-7-8-20-15/h9H,2-8,10,18H2,1H3. The molecule has 3 nitrogen and oxygen atoms in total. The van der Waals surface area contributed by atoms with Crippen LogP contribution in [0.2, 0.25) is 0 Å². The van der Waals surface area contributed by atoms with Gasteiger partial charge in [0.15, 0.2) is 11.5 Å². The molecule has 0 aromatic heterocycles. The van der Waals surface area contributed by atoms with Crippen LogP contribution in [-0.4, -0.2) is 19.8 Å². The molecule has 1 aliphatic heterocycles. The normalized spacial score (nSPS) is 20.1. The minimum Gasteiger partial charge on any atom is -0.486 e. The molecule has 1 aliphatic carbocycles. The van der Waals surface area contributed by atoms with E-state index in [2.05, 4.69) is 28.9 Å². The fourth-order valence-electron chi connectivity index (χ4n) is 3.68. The first-order chi connectivity index (χ1) is 9.72. The molecule has 110 valence electrons. The molecule has 4 heteroatoms. The number of hydrogen-bond acceptors (Lipinski definition) is 3. The van der Waals surface area contributed by atoms with Crippen molar-refractivity contribution in [3.05, 3.63) is 21.7 Å². The molecule has 2 N–H and O–H groups in total. The van der Waals surface area contributed by atoms with Gasteiger partial charge in [-0.1, -0.05) is 19.8 Å². The number of rotatable bonds is 3. The molecule has 0 spiro atoms. The highest BCUT2D eigenvalue weighted by Crippen LogP contribution is 2.49. The van der Waals surface area contributed by atoms with E-state index in [0.717, 1.165) is 22.4 Å². The van der Waals surface area contributed by atoms with Crippen molar-refractivity contribution in [1.82, 2.24) is 0 Å². The van der Waals surface area contributed by atoms with Crippen molar-refractivity contribution in [2.45, 2.75) is 44.4 Å². The van der Waals surface area contributed by atoms with E-state index in [9.17, 15) is 0 Å². The van der Waals surface area contributed by atoms with Crippen LogP contribution in [0.15, 0.2) is 10.5 Å². The molecule has 3 rings (SSSR count). The maximum Gasteiger partial charge on any atom is 0.175 e. The van der Waals surface area contributed by atoms with Crippen molar-refractivity contribution in [3.8, 4) is 11.5 Å². The molecule has 0 bridgehead atoms. The lowest BCUT2D eigenvalue weighted by Crippen LogP contribution is -2.33. The lowest BCUT2D eigenvalue weighted by molar-refractivity contribution is 0.168. The van der Waals surface area contributed by atoms with E-state index in [4.69, 9.17) is 15.2 Å². The average molecular weight is 340 g/mol. The van der Waals surface area contributed by atoms with Crippen LogP contribution in [0.4, 0.5) is 0 Å². The summed E-state index contributed by atoms with van der Waals surface area (Å²) in [5.74, 6) is 1.80. The molecule has 0 radical (unpaired) electrons.